The van der Waals surface area contributed by atoms with E-state index >= 15 is 0 Å². The molecule has 0 saturated carbocycles. The van der Waals surface area contributed by atoms with Crippen LogP contribution in [-0.4, -0.2) is 27.8 Å². The van der Waals surface area contributed by atoms with Crippen molar-refractivity contribution >= 4 is 9.84 Å². The molecule has 1 atom stereocenters. The quantitative estimate of drug-likeness (QED) is 0.904. The zero-order chi connectivity index (χ0) is 13.0. The van der Waals surface area contributed by atoms with E-state index in [4.69, 9.17) is 0 Å². The van der Waals surface area contributed by atoms with Crippen LogP contribution >= 0.6 is 0 Å². The summed E-state index contributed by atoms with van der Waals surface area (Å²) in [4.78, 5) is 0. The maximum atomic E-state index is 11.3. The van der Waals surface area contributed by atoms with Gasteiger partial charge < -0.3 is 5.32 Å². The molecule has 1 saturated heterocycles. The summed E-state index contributed by atoms with van der Waals surface area (Å²) in [5.41, 5.74) is 2.16. The third-order valence-corrected chi connectivity index (χ3v) is 4.20. The molecule has 1 aliphatic rings. The topological polar surface area (TPSA) is 46.2 Å². The van der Waals surface area contributed by atoms with Crippen LogP contribution in [0.5, 0.6) is 0 Å². The van der Waals surface area contributed by atoms with Crippen molar-refractivity contribution in [3.05, 3.63) is 35.4 Å². The SMILES string of the molecule is CS(=O)(=O)Cc1cccc(CC2CCCNC2)c1. The molecule has 0 amide bonds. The molecule has 1 heterocycles. The van der Waals surface area contributed by atoms with Gasteiger partial charge >= 0.3 is 0 Å². The summed E-state index contributed by atoms with van der Waals surface area (Å²) in [6.45, 7) is 2.21. The van der Waals surface area contributed by atoms with E-state index in [-0.39, 0.29) is 5.75 Å². The fourth-order valence-electron chi connectivity index (χ4n) is 2.58. The zero-order valence-corrected chi connectivity index (χ0v) is 11.7. The molecule has 1 aromatic carbocycles. The number of nitrogens with one attached hydrogen (secondary N) is 1. The van der Waals surface area contributed by atoms with E-state index in [9.17, 15) is 8.42 Å². The van der Waals surface area contributed by atoms with Crippen LogP contribution in [0.25, 0.3) is 0 Å². The van der Waals surface area contributed by atoms with Gasteiger partial charge in [-0.2, -0.15) is 0 Å². The minimum absolute atomic E-state index is 0.143. The largest absolute Gasteiger partial charge is 0.316 e. The molecular formula is C14H21NO2S. The zero-order valence-electron chi connectivity index (χ0n) is 10.9. The molecule has 0 aromatic heterocycles. The monoisotopic (exact) mass is 267 g/mol. The van der Waals surface area contributed by atoms with Gasteiger partial charge in [-0.3, -0.25) is 0 Å². The minimum Gasteiger partial charge on any atom is -0.316 e. The first kappa shape index (κ1) is 13.6. The molecule has 0 bridgehead atoms. The Bertz CT molecular complexity index is 490. The maximum absolute atomic E-state index is 11.3. The van der Waals surface area contributed by atoms with Gasteiger partial charge in [0.25, 0.3) is 0 Å². The Morgan fingerprint density at radius 3 is 2.78 bits per heavy atom. The Hall–Kier alpha value is -0.870. The fourth-order valence-corrected chi connectivity index (χ4v) is 3.37. The van der Waals surface area contributed by atoms with Crippen molar-refractivity contribution in [2.45, 2.75) is 25.0 Å². The molecule has 1 aliphatic heterocycles. The van der Waals surface area contributed by atoms with Crippen molar-refractivity contribution in [2.24, 2.45) is 5.92 Å². The lowest BCUT2D eigenvalue weighted by molar-refractivity contribution is 0.376. The Labute approximate surface area is 110 Å². The van der Waals surface area contributed by atoms with Crippen molar-refractivity contribution in [1.29, 1.82) is 0 Å². The molecule has 1 N–H and O–H groups in total. The maximum Gasteiger partial charge on any atom is 0.151 e. The van der Waals surface area contributed by atoms with Gasteiger partial charge in [0, 0.05) is 6.26 Å². The van der Waals surface area contributed by atoms with Crippen LogP contribution in [0.4, 0.5) is 0 Å². The molecular weight excluding hydrogens is 246 g/mol. The number of piperidine rings is 1. The van der Waals surface area contributed by atoms with E-state index < -0.39 is 9.84 Å². The van der Waals surface area contributed by atoms with Crippen LogP contribution in [0.3, 0.4) is 0 Å². The average Bonchev–Trinajstić information content (AvgIpc) is 2.28. The van der Waals surface area contributed by atoms with E-state index in [1.807, 2.05) is 18.2 Å². The normalized spacial score (nSPS) is 20.8. The Kier molecular flexibility index (Phi) is 4.40. The minimum atomic E-state index is -2.94. The lowest BCUT2D eigenvalue weighted by Gasteiger charge is -2.22. The first-order valence-corrected chi connectivity index (χ1v) is 8.55. The van der Waals surface area contributed by atoms with Gasteiger partial charge in [-0.25, -0.2) is 8.42 Å². The molecule has 100 valence electrons. The highest BCUT2D eigenvalue weighted by Gasteiger charge is 2.14. The van der Waals surface area contributed by atoms with Crippen molar-refractivity contribution in [3.63, 3.8) is 0 Å². The van der Waals surface area contributed by atoms with Gasteiger partial charge in [-0.1, -0.05) is 24.3 Å². The van der Waals surface area contributed by atoms with Gasteiger partial charge in [0.05, 0.1) is 5.75 Å². The molecule has 0 spiro atoms. The highest BCUT2D eigenvalue weighted by Crippen LogP contribution is 2.18. The third kappa shape index (κ3) is 4.42. The summed E-state index contributed by atoms with van der Waals surface area (Å²) in [7, 11) is -2.94. The summed E-state index contributed by atoms with van der Waals surface area (Å²) >= 11 is 0. The number of hydrogen-bond acceptors (Lipinski definition) is 3. The lowest BCUT2D eigenvalue weighted by Crippen LogP contribution is -2.30. The van der Waals surface area contributed by atoms with Gasteiger partial charge in [0.15, 0.2) is 9.84 Å². The molecule has 1 aromatic rings. The third-order valence-electron chi connectivity index (χ3n) is 3.34. The molecule has 0 radical (unpaired) electrons. The van der Waals surface area contributed by atoms with Gasteiger partial charge in [-0.05, 0) is 49.4 Å². The molecule has 1 fully saturated rings. The summed E-state index contributed by atoms with van der Waals surface area (Å²) in [5, 5.41) is 3.41. The second kappa shape index (κ2) is 5.85. The van der Waals surface area contributed by atoms with Crippen LogP contribution < -0.4 is 5.32 Å². The summed E-state index contributed by atoms with van der Waals surface area (Å²) in [6.07, 6.45) is 4.84. The highest BCUT2D eigenvalue weighted by molar-refractivity contribution is 7.89. The number of benzene rings is 1. The molecule has 18 heavy (non-hydrogen) atoms. The molecule has 1 unspecified atom stereocenters. The highest BCUT2D eigenvalue weighted by atomic mass is 32.2. The Balaban J connectivity index is 2.02. The second-order valence-electron chi connectivity index (χ2n) is 5.31. The summed E-state index contributed by atoms with van der Waals surface area (Å²) < 4.78 is 22.6. The second-order valence-corrected chi connectivity index (χ2v) is 7.45. The number of rotatable bonds is 4. The van der Waals surface area contributed by atoms with Crippen LogP contribution in [-0.2, 0) is 22.0 Å². The predicted octanol–water partition coefficient (Wildman–Crippen LogP) is 1.77. The van der Waals surface area contributed by atoms with Gasteiger partial charge in [0.2, 0.25) is 0 Å². The fraction of sp³-hybridized carbons (Fsp3) is 0.571. The molecule has 2 rings (SSSR count). The van der Waals surface area contributed by atoms with E-state index in [0.717, 1.165) is 25.1 Å². The standard InChI is InChI=1S/C14H21NO2S/c1-18(16,17)11-14-5-2-4-12(9-14)8-13-6-3-7-15-10-13/h2,4-5,9,13,15H,3,6-8,10-11H2,1H3. The van der Waals surface area contributed by atoms with Crippen LogP contribution in [0, 0.1) is 5.92 Å². The smallest absolute Gasteiger partial charge is 0.151 e. The number of hydrogen-bond donors (Lipinski definition) is 1. The Morgan fingerprint density at radius 2 is 2.11 bits per heavy atom. The first-order valence-electron chi connectivity index (χ1n) is 6.49. The van der Waals surface area contributed by atoms with E-state index in [1.165, 1.54) is 24.7 Å². The predicted molar refractivity (Wildman–Crippen MR) is 74.3 cm³/mol. The molecule has 3 nitrogen and oxygen atoms in total. The van der Waals surface area contributed by atoms with Crippen molar-refractivity contribution in [1.82, 2.24) is 5.32 Å². The number of sulfone groups is 1. The van der Waals surface area contributed by atoms with Crippen LogP contribution in [0.15, 0.2) is 24.3 Å². The summed E-state index contributed by atoms with van der Waals surface area (Å²) in [5.74, 6) is 0.830. The lowest BCUT2D eigenvalue weighted by atomic mass is 9.92. The van der Waals surface area contributed by atoms with E-state index in [1.54, 1.807) is 0 Å². The van der Waals surface area contributed by atoms with Crippen molar-refractivity contribution < 1.29 is 8.42 Å². The molecule has 4 heteroatoms. The van der Waals surface area contributed by atoms with Crippen molar-refractivity contribution in [2.75, 3.05) is 19.3 Å². The van der Waals surface area contributed by atoms with Crippen LogP contribution in [0.1, 0.15) is 24.0 Å². The van der Waals surface area contributed by atoms with Gasteiger partial charge in [-0.15, -0.1) is 0 Å². The Morgan fingerprint density at radius 1 is 1.33 bits per heavy atom. The van der Waals surface area contributed by atoms with Crippen molar-refractivity contribution in [3.8, 4) is 0 Å². The molecule has 0 aliphatic carbocycles. The van der Waals surface area contributed by atoms with E-state index in [2.05, 4.69) is 11.4 Å². The summed E-state index contributed by atoms with van der Waals surface area (Å²) in [6, 6.07) is 7.99. The van der Waals surface area contributed by atoms with E-state index in [0.29, 0.717) is 5.92 Å². The van der Waals surface area contributed by atoms with Crippen LogP contribution in [0.2, 0.25) is 0 Å². The van der Waals surface area contributed by atoms with Gasteiger partial charge in [0.1, 0.15) is 0 Å². The first-order chi connectivity index (χ1) is 8.53. The average molecular weight is 267 g/mol.